The molecule has 1 heterocycles. The summed E-state index contributed by atoms with van der Waals surface area (Å²) >= 11 is 0. The molecular formula is C32H50N4O6. The third-order valence-electron chi connectivity index (χ3n) is 7.05. The molecule has 0 aromatic heterocycles. The van der Waals surface area contributed by atoms with Crippen LogP contribution in [-0.4, -0.2) is 59.9 Å². The van der Waals surface area contributed by atoms with Gasteiger partial charge in [-0.3, -0.25) is 19.2 Å². The fourth-order valence-electron chi connectivity index (χ4n) is 4.89. The molecule has 42 heavy (non-hydrogen) atoms. The van der Waals surface area contributed by atoms with Gasteiger partial charge in [0.15, 0.2) is 6.10 Å². The predicted molar refractivity (Wildman–Crippen MR) is 161 cm³/mol. The molecule has 234 valence electrons. The minimum absolute atomic E-state index is 0.00703. The van der Waals surface area contributed by atoms with Crippen molar-refractivity contribution in [1.82, 2.24) is 21.3 Å². The molecular weight excluding hydrogens is 536 g/mol. The first kappa shape index (κ1) is 34.8. The molecule has 0 saturated carbocycles. The molecule has 1 aliphatic rings. The van der Waals surface area contributed by atoms with Crippen LogP contribution in [0.25, 0.3) is 0 Å². The van der Waals surface area contributed by atoms with Gasteiger partial charge in [-0.25, -0.2) is 4.79 Å². The van der Waals surface area contributed by atoms with Crippen molar-refractivity contribution in [3.8, 4) is 0 Å². The number of nitrogens with one attached hydrogen (secondary N) is 4. The average Bonchev–Trinajstić information content (AvgIpc) is 2.89. The van der Waals surface area contributed by atoms with Gasteiger partial charge in [0.05, 0.1) is 0 Å². The number of cyclic esters (lactones) is 1. The zero-order chi connectivity index (χ0) is 31.6. The molecule has 0 aliphatic carbocycles. The Morgan fingerprint density at radius 2 is 1.10 bits per heavy atom. The number of ether oxygens (including phenoxy) is 1. The largest absolute Gasteiger partial charge is 0.451 e. The third kappa shape index (κ3) is 11.1. The monoisotopic (exact) mass is 586 g/mol. The van der Waals surface area contributed by atoms with Crippen molar-refractivity contribution in [3.63, 3.8) is 0 Å². The molecule has 10 nitrogen and oxygen atoms in total. The van der Waals surface area contributed by atoms with Crippen LogP contribution in [-0.2, 0) is 35.1 Å². The second-order valence-electron chi connectivity index (χ2n) is 12.9. The lowest BCUT2D eigenvalue weighted by atomic mass is 9.98. The van der Waals surface area contributed by atoms with Crippen LogP contribution in [0.5, 0.6) is 0 Å². The van der Waals surface area contributed by atoms with Gasteiger partial charge in [-0.2, -0.15) is 0 Å². The number of carbonyl (C=O) groups excluding carboxylic acids is 5. The molecule has 0 spiro atoms. The van der Waals surface area contributed by atoms with E-state index in [1.807, 2.05) is 71.9 Å². The highest BCUT2D eigenvalue weighted by Crippen LogP contribution is 2.16. The summed E-state index contributed by atoms with van der Waals surface area (Å²) in [6.07, 6.45) is -0.149. The Hall–Kier alpha value is -3.43. The number of amides is 4. The molecule has 1 fully saturated rings. The van der Waals surface area contributed by atoms with E-state index in [4.69, 9.17) is 4.74 Å². The molecule has 10 heteroatoms. The van der Waals surface area contributed by atoms with Crippen molar-refractivity contribution in [2.24, 2.45) is 23.7 Å². The highest BCUT2D eigenvalue weighted by Gasteiger charge is 2.36. The van der Waals surface area contributed by atoms with E-state index in [9.17, 15) is 24.0 Å². The van der Waals surface area contributed by atoms with Crippen molar-refractivity contribution < 1.29 is 28.7 Å². The fourth-order valence-corrected chi connectivity index (χ4v) is 4.89. The van der Waals surface area contributed by atoms with Crippen LogP contribution in [0.1, 0.15) is 80.2 Å². The SMILES string of the molecule is CC(C)C[C@@H]1NC(=O)[C@H](C(C)C)NC(=O)[C@H](CC(C)C)OC(=O)[C@H](CC(C)C)NC(=O)[C@H](Cc2ccccc2)NC1=O. The normalized spacial score (nSPS) is 25.0. The summed E-state index contributed by atoms with van der Waals surface area (Å²) in [4.78, 5) is 67.7. The molecule has 1 saturated heterocycles. The van der Waals surface area contributed by atoms with Crippen molar-refractivity contribution in [2.45, 2.75) is 111 Å². The summed E-state index contributed by atoms with van der Waals surface area (Å²) in [6, 6.07) is 5.27. The van der Waals surface area contributed by atoms with Gasteiger partial charge in [0.1, 0.15) is 24.2 Å². The van der Waals surface area contributed by atoms with E-state index in [0.29, 0.717) is 6.42 Å². The van der Waals surface area contributed by atoms with Gasteiger partial charge in [0.25, 0.3) is 5.91 Å². The van der Waals surface area contributed by atoms with E-state index < -0.39 is 59.9 Å². The Balaban J connectivity index is 2.59. The molecule has 4 amide bonds. The number of hydrogen-bond donors (Lipinski definition) is 4. The van der Waals surface area contributed by atoms with E-state index in [-0.39, 0.29) is 42.9 Å². The summed E-state index contributed by atoms with van der Waals surface area (Å²) in [6.45, 7) is 15.1. The number of carbonyl (C=O) groups is 5. The minimum atomic E-state index is -1.16. The standard InChI is InChI=1S/C32H50N4O6/c1-18(2)14-23-28(37)33-24(17-22-12-10-9-11-13-22)29(38)35-25(15-19(3)4)32(41)42-26(16-20(5)6)30(39)36-27(21(7)8)31(40)34-23/h9-13,18-21,23-27H,14-17H2,1-8H3,(H,33,37)(H,34,40)(H,35,38)(H,36,39)/t23-,24-,25-,26-,27-/m0/s1. The molecule has 1 aliphatic heterocycles. The zero-order valence-electron chi connectivity index (χ0n) is 26.4. The number of hydrogen-bond acceptors (Lipinski definition) is 6. The Bertz CT molecular complexity index is 1070. The van der Waals surface area contributed by atoms with Crippen LogP contribution in [0.4, 0.5) is 0 Å². The van der Waals surface area contributed by atoms with Crippen molar-refractivity contribution in [1.29, 1.82) is 0 Å². The molecule has 0 bridgehead atoms. The van der Waals surface area contributed by atoms with Gasteiger partial charge in [0.2, 0.25) is 17.7 Å². The number of benzene rings is 1. The quantitative estimate of drug-likeness (QED) is 0.328. The molecule has 5 atom stereocenters. The highest BCUT2D eigenvalue weighted by molar-refractivity contribution is 5.96. The molecule has 1 aromatic rings. The second kappa shape index (κ2) is 16.3. The average molecular weight is 587 g/mol. The van der Waals surface area contributed by atoms with Gasteiger partial charge in [0, 0.05) is 6.42 Å². The lowest BCUT2D eigenvalue weighted by Gasteiger charge is -2.28. The maximum atomic E-state index is 13.7. The summed E-state index contributed by atoms with van der Waals surface area (Å²) < 4.78 is 5.74. The molecule has 1 aromatic carbocycles. The van der Waals surface area contributed by atoms with E-state index in [2.05, 4.69) is 21.3 Å². The van der Waals surface area contributed by atoms with Crippen LogP contribution >= 0.6 is 0 Å². The first-order valence-electron chi connectivity index (χ1n) is 15.1. The lowest BCUT2D eigenvalue weighted by molar-refractivity contribution is -0.160. The Morgan fingerprint density at radius 3 is 1.64 bits per heavy atom. The molecule has 0 unspecified atom stereocenters. The Kier molecular flexibility index (Phi) is 13.5. The van der Waals surface area contributed by atoms with E-state index >= 15 is 0 Å². The van der Waals surface area contributed by atoms with E-state index in [1.54, 1.807) is 13.8 Å². The number of esters is 1. The van der Waals surface area contributed by atoms with E-state index in [0.717, 1.165) is 5.56 Å². The molecule has 0 radical (unpaired) electrons. The van der Waals surface area contributed by atoms with Crippen LogP contribution < -0.4 is 21.3 Å². The van der Waals surface area contributed by atoms with Crippen LogP contribution in [0.2, 0.25) is 0 Å². The molecule has 2 rings (SSSR count). The smallest absolute Gasteiger partial charge is 0.329 e. The lowest BCUT2D eigenvalue weighted by Crippen LogP contribution is -2.59. The maximum Gasteiger partial charge on any atom is 0.329 e. The fraction of sp³-hybridized carbons (Fsp3) is 0.656. The summed E-state index contributed by atoms with van der Waals surface area (Å²) in [5, 5.41) is 11.2. The summed E-state index contributed by atoms with van der Waals surface area (Å²) in [5.74, 6) is -3.16. The van der Waals surface area contributed by atoms with Crippen LogP contribution in [0.15, 0.2) is 30.3 Å². The Labute approximate surface area is 250 Å². The summed E-state index contributed by atoms with van der Waals surface area (Å²) in [7, 11) is 0. The van der Waals surface area contributed by atoms with Gasteiger partial charge in [-0.1, -0.05) is 85.7 Å². The van der Waals surface area contributed by atoms with Crippen LogP contribution in [0, 0.1) is 23.7 Å². The van der Waals surface area contributed by atoms with Crippen LogP contribution in [0.3, 0.4) is 0 Å². The first-order valence-corrected chi connectivity index (χ1v) is 15.1. The van der Waals surface area contributed by atoms with Gasteiger partial charge in [-0.05, 0) is 48.5 Å². The number of rotatable bonds is 9. The topological polar surface area (TPSA) is 143 Å². The Morgan fingerprint density at radius 1 is 0.595 bits per heavy atom. The second-order valence-corrected chi connectivity index (χ2v) is 12.9. The highest BCUT2D eigenvalue weighted by atomic mass is 16.5. The minimum Gasteiger partial charge on any atom is -0.451 e. The van der Waals surface area contributed by atoms with Gasteiger partial charge >= 0.3 is 5.97 Å². The predicted octanol–water partition coefficient (Wildman–Crippen LogP) is 2.89. The zero-order valence-corrected chi connectivity index (χ0v) is 26.4. The maximum absolute atomic E-state index is 13.7. The van der Waals surface area contributed by atoms with Crippen molar-refractivity contribution in [2.75, 3.05) is 0 Å². The van der Waals surface area contributed by atoms with Gasteiger partial charge in [-0.15, -0.1) is 0 Å². The van der Waals surface area contributed by atoms with E-state index in [1.165, 1.54) is 0 Å². The third-order valence-corrected chi connectivity index (χ3v) is 7.05. The van der Waals surface area contributed by atoms with Crippen molar-refractivity contribution >= 4 is 29.6 Å². The molecule has 4 N–H and O–H groups in total. The van der Waals surface area contributed by atoms with Gasteiger partial charge < -0.3 is 26.0 Å². The first-order chi connectivity index (χ1) is 19.7. The summed E-state index contributed by atoms with van der Waals surface area (Å²) in [5.41, 5.74) is 0.815. The van der Waals surface area contributed by atoms with Crippen molar-refractivity contribution in [3.05, 3.63) is 35.9 Å².